The van der Waals surface area contributed by atoms with Gasteiger partial charge in [-0.3, -0.25) is 9.11 Å². The zero-order chi connectivity index (χ0) is 51.9. The first-order valence-corrected chi connectivity index (χ1v) is 25.9. The fraction of sp³-hybridized carbons (Fsp3) is 0.146. The average Bonchev–Trinajstić information content (AvgIpc) is 3.32. The molecule has 0 aliphatic carbocycles. The molecule has 0 bridgehead atoms. The van der Waals surface area contributed by atoms with Crippen molar-refractivity contribution in [3.63, 3.8) is 0 Å². The van der Waals surface area contributed by atoms with Gasteiger partial charge in [0.1, 0.15) is 52.9 Å². The summed E-state index contributed by atoms with van der Waals surface area (Å²) in [4.78, 5) is 11.4. The third-order valence-electron chi connectivity index (χ3n) is 10.4. The molecule has 376 valence electrons. The summed E-state index contributed by atoms with van der Waals surface area (Å²) in [6, 6.07) is 16.0. The fourth-order valence-electron chi connectivity index (χ4n) is 7.07. The summed E-state index contributed by atoms with van der Waals surface area (Å²) in [5.41, 5.74) is -2.58. The maximum absolute atomic E-state index is 13.7. The second-order valence-corrected chi connectivity index (χ2v) is 20.5. The minimum atomic E-state index is -5.21. The molecule has 1 aliphatic rings. The van der Waals surface area contributed by atoms with E-state index in [9.17, 15) is 62.1 Å². The molecule has 0 saturated carbocycles. The third-order valence-corrected chi connectivity index (χ3v) is 13.9. The molecule has 0 unspecified atom stereocenters. The standard InChI is InChI=1S/C41H36N10O17S4.4Na/c1-66-25-5-9-29(31(19-25)69(54,55)56)47-49-35-33(71(60,61)62)17-21-15-23(3-7-27(21)37(35)52)42-39-44-40(46-41(45-39)51-11-13-68-14-12-51)43-24-4-8-28-22(16-24)18-34(72(63,64)65)36(38(28)53)50-48-30-10-6-26(67-2)20-32(30)70(57,58)59;;;;/h3-10,15-20,52-53H,11-14H2,1-2H3,(H,54,55,56)(H,57,58,59)(H,60,61,62)(H,63,64,65)(H2,42,43,44,45,46);;;;/q;4*+1/p-4. The number of aromatic nitrogens is 3. The Morgan fingerprint density at radius 2 is 0.947 bits per heavy atom. The van der Waals surface area contributed by atoms with Crippen LogP contribution in [-0.4, -0.2) is 107 Å². The number of benzene rings is 6. The molecule has 6 aromatic carbocycles. The number of azo groups is 2. The van der Waals surface area contributed by atoms with Crippen molar-refractivity contribution in [2.24, 2.45) is 20.5 Å². The molecule has 0 spiro atoms. The summed E-state index contributed by atoms with van der Waals surface area (Å²) >= 11 is 0. The number of rotatable bonds is 15. The Morgan fingerprint density at radius 3 is 1.30 bits per heavy atom. The van der Waals surface area contributed by atoms with Crippen LogP contribution in [0, 0.1) is 0 Å². The van der Waals surface area contributed by atoms with Crippen LogP contribution in [0.3, 0.4) is 0 Å². The third kappa shape index (κ3) is 14.9. The van der Waals surface area contributed by atoms with Crippen LogP contribution in [0.4, 0.5) is 52.0 Å². The van der Waals surface area contributed by atoms with E-state index in [1.165, 1.54) is 62.8 Å². The van der Waals surface area contributed by atoms with Gasteiger partial charge in [0.2, 0.25) is 17.8 Å². The number of fused-ring (bicyclic) bond motifs is 2. The zero-order valence-corrected chi connectivity index (χ0v) is 51.9. The normalized spacial score (nSPS) is 13.1. The molecule has 7 aromatic rings. The van der Waals surface area contributed by atoms with Crippen LogP contribution >= 0.6 is 0 Å². The number of morpholine rings is 1. The van der Waals surface area contributed by atoms with Crippen LogP contribution in [0.1, 0.15) is 0 Å². The molecule has 0 atom stereocenters. The Bertz CT molecular complexity index is 3660. The van der Waals surface area contributed by atoms with Gasteiger partial charge in [-0.1, -0.05) is 23.6 Å². The van der Waals surface area contributed by atoms with Crippen molar-refractivity contribution < 1.29 is 195 Å². The van der Waals surface area contributed by atoms with E-state index in [4.69, 9.17) is 14.2 Å². The van der Waals surface area contributed by atoms with Crippen LogP contribution in [-0.2, 0) is 45.2 Å². The van der Waals surface area contributed by atoms with Gasteiger partial charge in [-0.2, -0.15) is 31.8 Å². The molecule has 4 N–H and O–H groups in total. The second kappa shape index (κ2) is 26.0. The molecule has 76 heavy (non-hydrogen) atoms. The van der Waals surface area contributed by atoms with Crippen molar-refractivity contribution in [2.45, 2.75) is 19.6 Å². The zero-order valence-electron chi connectivity index (χ0n) is 40.6. The van der Waals surface area contributed by atoms with Crippen LogP contribution in [0.5, 0.6) is 23.0 Å². The molecular weight excluding hydrogens is 1120 g/mol. The minimum absolute atomic E-state index is 0. The molecule has 1 fully saturated rings. The van der Waals surface area contributed by atoms with Crippen LogP contribution < -0.4 is 153 Å². The Labute approximate surface area is 521 Å². The first-order chi connectivity index (χ1) is 33.9. The molecule has 35 heteroatoms. The molecular formula is C41H32N10Na4O17S4. The van der Waals surface area contributed by atoms with E-state index in [0.717, 1.165) is 36.4 Å². The smallest absolute Gasteiger partial charge is 0.871 e. The number of anilines is 5. The van der Waals surface area contributed by atoms with Gasteiger partial charge in [-0.05, 0) is 94.3 Å². The van der Waals surface area contributed by atoms with Gasteiger partial charge in [-0.25, -0.2) is 16.8 Å². The minimum Gasteiger partial charge on any atom is -0.871 e. The van der Waals surface area contributed by atoms with Gasteiger partial charge in [0.25, 0.3) is 20.2 Å². The van der Waals surface area contributed by atoms with E-state index in [-0.39, 0.29) is 180 Å². The van der Waals surface area contributed by atoms with Gasteiger partial charge in [0, 0.05) is 24.5 Å². The van der Waals surface area contributed by atoms with Gasteiger partial charge in [-0.15, -0.1) is 20.5 Å². The largest absolute Gasteiger partial charge is 1.00 e. The van der Waals surface area contributed by atoms with E-state index >= 15 is 0 Å². The van der Waals surface area contributed by atoms with Crippen LogP contribution in [0.15, 0.2) is 125 Å². The summed E-state index contributed by atoms with van der Waals surface area (Å²) < 4.78 is 158. The number of hydrogen-bond acceptors (Lipinski definition) is 25. The van der Waals surface area contributed by atoms with Gasteiger partial charge in [0.15, 0.2) is 0 Å². The quantitative estimate of drug-likeness (QED) is 0.0421. The molecule has 8 rings (SSSR count). The fourth-order valence-corrected chi connectivity index (χ4v) is 9.63. The molecule has 2 heterocycles. The summed E-state index contributed by atoms with van der Waals surface area (Å²) in [5, 5.41) is 47.6. The summed E-state index contributed by atoms with van der Waals surface area (Å²) in [5.74, 6) is -2.26. The van der Waals surface area contributed by atoms with E-state index in [1.54, 1.807) is 4.90 Å². The topological polar surface area (TPSA) is 412 Å². The van der Waals surface area contributed by atoms with Gasteiger partial charge in [0.05, 0.1) is 48.6 Å². The summed E-state index contributed by atoms with van der Waals surface area (Å²) in [6.07, 6.45) is 0. The SMILES string of the molecule is COc1ccc(N=Nc2c(S(=O)(=O)O)cc3cc(Nc4nc(Nc5ccc6c([O-])c(N=Nc7ccc(OC)cc7S(=O)(=O)[O-])c(S(=O)(=O)O)cc6c5)nc(N5CCOCC5)n4)ccc3c2[O-])c(S(=O)(=O)[O-])c1.[Na+].[Na+].[Na+].[Na+]. The summed E-state index contributed by atoms with van der Waals surface area (Å²) in [7, 11) is -18.3. The Kier molecular flexibility index (Phi) is 22.2. The summed E-state index contributed by atoms with van der Waals surface area (Å²) in [6.45, 7) is 1.33. The van der Waals surface area contributed by atoms with Crippen molar-refractivity contribution in [1.82, 2.24) is 15.0 Å². The Hall–Kier alpha value is -3.75. The van der Waals surface area contributed by atoms with E-state index < -0.39 is 94.3 Å². The van der Waals surface area contributed by atoms with Crippen molar-refractivity contribution in [2.75, 3.05) is 56.1 Å². The van der Waals surface area contributed by atoms with E-state index in [0.29, 0.717) is 26.3 Å². The van der Waals surface area contributed by atoms with Crippen molar-refractivity contribution in [3.05, 3.63) is 84.9 Å². The maximum Gasteiger partial charge on any atom is 1.00 e. The first-order valence-electron chi connectivity index (χ1n) is 20.2. The molecule has 0 radical (unpaired) electrons. The van der Waals surface area contributed by atoms with Crippen molar-refractivity contribution >= 4 is 114 Å². The monoisotopic (exact) mass is 1160 g/mol. The molecule has 0 amide bonds. The molecule has 1 saturated heterocycles. The van der Waals surface area contributed by atoms with E-state index in [2.05, 4.69) is 46.0 Å². The van der Waals surface area contributed by atoms with Gasteiger partial charge < -0.3 is 49.1 Å². The number of ether oxygens (including phenoxy) is 3. The first kappa shape index (κ1) is 64.8. The van der Waals surface area contributed by atoms with Crippen LogP contribution in [0.25, 0.3) is 21.5 Å². The van der Waals surface area contributed by atoms with Crippen molar-refractivity contribution in [1.29, 1.82) is 0 Å². The van der Waals surface area contributed by atoms with Crippen LogP contribution in [0.2, 0.25) is 0 Å². The predicted octanol–water partition coefficient (Wildman–Crippen LogP) is -7.19. The van der Waals surface area contributed by atoms with E-state index in [1.807, 2.05) is 0 Å². The second-order valence-electron chi connectivity index (χ2n) is 15.0. The van der Waals surface area contributed by atoms with Crippen molar-refractivity contribution in [3.8, 4) is 23.0 Å². The average molecular weight is 1160 g/mol. The Morgan fingerprint density at radius 1 is 0.553 bits per heavy atom. The number of nitrogens with one attached hydrogen (secondary N) is 2. The number of methoxy groups -OCH3 is 2. The Balaban J connectivity index is 0.00000312. The molecule has 1 aromatic heterocycles. The number of hydrogen-bond donors (Lipinski definition) is 4. The predicted molar refractivity (Wildman–Crippen MR) is 246 cm³/mol. The molecule has 27 nitrogen and oxygen atoms in total. The number of nitrogens with zero attached hydrogens (tertiary/aromatic N) is 8. The van der Waals surface area contributed by atoms with Gasteiger partial charge >= 0.3 is 118 Å². The maximum atomic E-state index is 13.7. The molecule has 1 aliphatic heterocycles.